The van der Waals surface area contributed by atoms with E-state index in [0.29, 0.717) is 5.56 Å². The highest BCUT2D eigenvalue weighted by atomic mass is 19.2. The lowest BCUT2D eigenvalue weighted by molar-refractivity contribution is -0.694. The minimum absolute atomic E-state index is 0.0947. The van der Waals surface area contributed by atoms with E-state index in [1.807, 2.05) is 6.07 Å². The SMILES string of the molecule is Fc1c(F)c(F)c([B-](c2c(F)c(F)c(F)c(F)c2F)(c2c(F)c(F)c(F)c(F)c2F)c2c(F)c(F)c(F)c(F)c2F)c(F)c1F.O=C(C[n+]1c(O)cccc1O)c1ccccc1. The predicted octanol–water partition coefficient (Wildman–Crippen LogP) is 7.11. The van der Waals surface area contributed by atoms with Crippen LogP contribution in [-0.4, -0.2) is 22.1 Å². The van der Waals surface area contributed by atoms with E-state index in [9.17, 15) is 67.7 Å². The Morgan fingerprint density at radius 1 is 0.355 bits per heavy atom. The number of halogens is 20. The van der Waals surface area contributed by atoms with E-state index in [-0.39, 0.29) is 24.1 Å². The monoisotopic (exact) mass is 909 g/mol. The molecule has 0 radical (unpaired) electrons. The number of carbonyl (C=O) groups is 1. The standard InChI is InChI=1S/C24BF20.C13H11NO3/c26-5-1(6(27)14(35)21(42)13(5)34)25(2-7(28)15(36)22(43)16(37)8(2)29,3-9(30)17(38)23(44)18(39)10(3)31)4-11(32)19(40)24(45)20(41)12(4)33;15-11(10-5-2-1-3-6-10)9-14-12(16)7-4-8-13(14)17/h;1-8H,9H2,(H,16,17)/q-1;/p+1. The Bertz CT molecular complexity index is 2420. The van der Waals surface area contributed by atoms with Gasteiger partial charge in [0.05, 0.1) is 12.1 Å². The maximum absolute atomic E-state index is 15.4. The number of rotatable bonds is 7. The maximum Gasteiger partial charge on any atom is 0.368 e. The van der Waals surface area contributed by atoms with Crippen molar-refractivity contribution in [2.75, 3.05) is 0 Å². The van der Waals surface area contributed by atoms with Gasteiger partial charge in [-0.05, 0) is 6.07 Å². The minimum atomic E-state index is -7.22. The van der Waals surface area contributed by atoms with Crippen LogP contribution in [0.3, 0.4) is 0 Å². The molecule has 0 saturated heterocycles. The highest BCUT2D eigenvalue weighted by Crippen LogP contribution is 2.30. The number of nitrogens with zero attached hydrogens (tertiary/aromatic N) is 1. The average Bonchev–Trinajstić information content (AvgIpc) is 3.25. The van der Waals surface area contributed by atoms with Crippen molar-refractivity contribution in [2.24, 2.45) is 0 Å². The highest BCUT2D eigenvalue weighted by molar-refractivity contribution is 7.20. The van der Waals surface area contributed by atoms with Crippen LogP contribution in [0.2, 0.25) is 0 Å². The third kappa shape index (κ3) is 7.06. The Morgan fingerprint density at radius 2 is 0.581 bits per heavy atom. The van der Waals surface area contributed by atoms with Crippen LogP contribution < -0.4 is 26.4 Å². The normalized spacial score (nSPS) is 11.5. The molecular weight excluding hydrogens is 897 g/mol. The molecule has 0 atom stereocenters. The predicted molar refractivity (Wildman–Crippen MR) is 170 cm³/mol. The third-order valence-electron chi connectivity index (χ3n) is 9.15. The molecule has 0 spiro atoms. The van der Waals surface area contributed by atoms with Crippen molar-refractivity contribution in [3.8, 4) is 11.8 Å². The second-order valence-electron chi connectivity index (χ2n) is 12.4. The molecule has 0 amide bonds. The summed E-state index contributed by atoms with van der Waals surface area (Å²) in [6, 6.07) is 13.1. The molecular formula is C37H12BF20NO3. The second-order valence-corrected chi connectivity index (χ2v) is 12.4. The average molecular weight is 909 g/mol. The summed E-state index contributed by atoms with van der Waals surface area (Å²) in [6.07, 6.45) is -7.22. The van der Waals surface area contributed by atoms with Gasteiger partial charge in [0.15, 0.2) is 69.8 Å². The van der Waals surface area contributed by atoms with E-state index in [1.54, 1.807) is 24.3 Å². The number of hydrogen-bond donors (Lipinski definition) is 2. The molecule has 5 aromatic carbocycles. The van der Waals surface area contributed by atoms with Crippen molar-refractivity contribution in [1.82, 2.24) is 0 Å². The van der Waals surface area contributed by atoms with Crippen molar-refractivity contribution in [3.05, 3.63) is 170 Å². The van der Waals surface area contributed by atoms with Crippen molar-refractivity contribution >= 4 is 33.8 Å². The number of Topliss-reactive ketones (excluding diaryl/α,β-unsaturated/α-hetero) is 1. The van der Waals surface area contributed by atoms with Gasteiger partial charge in [-0.3, -0.25) is 4.79 Å². The third-order valence-corrected chi connectivity index (χ3v) is 9.15. The molecule has 2 N–H and O–H groups in total. The molecule has 0 aliphatic rings. The van der Waals surface area contributed by atoms with Crippen molar-refractivity contribution in [2.45, 2.75) is 6.54 Å². The van der Waals surface area contributed by atoms with Crippen molar-refractivity contribution < 1.29 is 107 Å². The molecule has 326 valence electrons. The molecule has 1 aromatic heterocycles. The lowest BCUT2D eigenvalue weighted by atomic mass is 9.12. The van der Waals surface area contributed by atoms with Crippen LogP contribution in [0, 0.1) is 116 Å². The van der Waals surface area contributed by atoms with E-state index in [4.69, 9.17) is 0 Å². The fourth-order valence-corrected chi connectivity index (χ4v) is 6.41. The molecule has 6 aromatic rings. The van der Waals surface area contributed by atoms with Gasteiger partial charge in [-0.15, -0.1) is 26.4 Å². The van der Waals surface area contributed by atoms with E-state index in [2.05, 4.69) is 0 Å². The van der Waals surface area contributed by atoms with Gasteiger partial charge < -0.3 is 10.2 Å². The van der Waals surface area contributed by atoms with Crippen molar-refractivity contribution in [1.29, 1.82) is 0 Å². The van der Waals surface area contributed by atoms with E-state index >= 15 is 35.1 Å². The van der Waals surface area contributed by atoms with Gasteiger partial charge in [0.2, 0.25) is 12.3 Å². The number of ketones is 1. The molecule has 62 heavy (non-hydrogen) atoms. The second kappa shape index (κ2) is 16.9. The van der Waals surface area contributed by atoms with Crippen LogP contribution in [0.15, 0.2) is 48.5 Å². The number of carbonyl (C=O) groups excluding carboxylic acids is 1. The summed E-state index contributed by atoms with van der Waals surface area (Å²) in [7, 11) is 0. The Kier molecular flexibility index (Phi) is 12.6. The Morgan fingerprint density at radius 3 is 0.823 bits per heavy atom. The summed E-state index contributed by atoms with van der Waals surface area (Å²) in [5.74, 6) is -71.9. The first-order valence-electron chi connectivity index (χ1n) is 16.1. The fraction of sp³-hybridized carbons (Fsp3) is 0.0270. The fourth-order valence-electron chi connectivity index (χ4n) is 6.41. The molecule has 1 heterocycles. The molecule has 6 rings (SSSR count). The minimum Gasteiger partial charge on any atom is -0.460 e. The molecule has 0 bridgehead atoms. The number of hydrogen-bond acceptors (Lipinski definition) is 3. The van der Waals surface area contributed by atoms with Crippen LogP contribution in [0.1, 0.15) is 10.4 Å². The summed E-state index contributed by atoms with van der Waals surface area (Å²) in [5, 5.41) is 19.1. The summed E-state index contributed by atoms with van der Waals surface area (Å²) < 4.78 is 295. The Labute approximate surface area is 330 Å². The van der Waals surface area contributed by atoms with Gasteiger partial charge in [0.25, 0.3) is 0 Å². The van der Waals surface area contributed by atoms with Gasteiger partial charge in [0, 0.05) is 5.56 Å². The Balaban J connectivity index is 0.000000355. The van der Waals surface area contributed by atoms with Crippen molar-refractivity contribution in [3.63, 3.8) is 0 Å². The molecule has 0 saturated carbocycles. The largest absolute Gasteiger partial charge is 0.460 e. The smallest absolute Gasteiger partial charge is 0.368 e. The summed E-state index contributed by atoms with van der Waals surface area (Å²) >= 11 is 0. The zero-order valence-corrected chi connectivity index (χ0v) is 29.2. The van der Waals surface area contributed by atoms with Gasteiger partial charge in [-0.1, -0.05) is 30.3 Å². The first-order chi connectivity index (χ1) is 28.9. The number of pyridine rings is 1. The lowest BCUT2D eigenvalue weighted by Gasteiger charge is -2.44. The number of benzene rings is 5. The zero-order chi connectivity index (χ0) is 46.6. The van der Waals surface area contributed by atoms with Crippen LogP contribution in [0.25, 0.3) is 0 Å². The van der Waals surface area contributed by atoms with Crippen LogP contribution >= 0.6 is 0 Å². The number of aromatic nitrogens is 1. The lowest BCUT2D eigenvalue weighted by Crippen LogP contribution is -2.81. The summed E-state index contributed by atoms with van der Waals surface area (Å²) in [4.78, 5) is 11.9. The highest BCUT2D eigenvalue weighted by Gasteiger charge is 2.52. The van der Waals surface area contributed by atoms with Crippen LogP contribution in [0.4, 0.5) is 87.8 Å². The summed E-state index contributed by atoms with van der Waals surface area (Å²) in [6.45, 7) is -0.0947. The summed E-state index contributed by atoms with van der Waals surface area (Å²) in [5.41, 5.74) is -13.8. The first kappa shape index (κ1) is 46.3. The number of aromatic hydroxyl groups is 2. The zero-order valence-electron chi connectivity index (χ0n) is 29.2. The maximum atomic E-state index is 15.4. The van der Waals surface area contributed by atoms with Gasteiger partial charge in [0.1, 0.15) is 52.7 Å². The van der Waals surface area contributed by atoms with Crippen LogP contribution in [-0.2, 0) is 6.54 Å². The molecule has 25 heteroatoms. The van der Waals surface area contributed by atoms with Gasteiger partial charge in [-0.25, -0.2) is 87.8 Å². The Hall–Kier alpha value is -6.82. The molecule has 0 aliphatic carbocycles. The first-order valence-corrected chi connectivity index (χ1v) is 16.1. The van der Waals surface area contributed by atoms with E-state index in [1.165, 1.54) is 18.2 Å². The molecule has 0 unspecified atom stereocenters. The van der Waals surface area contributed by atoms with Gasteiger partial charge in [-0.2, -0.15) is 0 Å². The molecule has 4 nitrogen and oxygen atoms in total. The van der Waals surface area contributed by atoms with E-state index < -0.39 is 144 Å². The van der Waals surface area contributed by atoms with Crippen LogP contribution in [0.5, 0.6) is 11.8 Å². The molecule has 0 aliphatic heterocycles. The van der Waals surface area contributed by atoms with E-state index in [0.717, 1.165) is 4.57 Å². The molecule has 0 fully saturated rings. The van der Waals surface area contributed by atoms with Gasteiger partial charge >= 0.3 is 11.8 Å². The topological polar surface area (TPSA) is 61.4 Å². The quantitative estimate of drug-likeness (QED) is 0.0449.